The summed E-state index contributed by atoms with van der Waals surface area (Å²) in [4.78, 5) is 51.3. The van der Waals surface area contributed by atoms with Crippen molar-refractivity contribution in [1.29, 1.82) is 0 Å². The second-order valence-electron chi connectivity index (χ2n) is 8.07. The SMILES string of the molecule is COC(=O)c1ccccc1NC(=O)C(C)OC(=O)c1c(-c2ccccc2)c2ccccc2c(=O)n1C. The summed E-state index contributed by atoms with van der Waals surface area (Å²) in [7, 11) is 2.73. The topological polar surface area (TPSA) is 104 Å². The van der Waals surface area contributed by atoms with Gasteiger partial charge in [-0.25, -0.2) is 9.59 Å². The van der Waals surface area contributed by atoms with Gasteiger partial charge in [0, 0.05) is 18.0 Å². The first-order valence-electron chi connectivity index (χ1n) is 11.2. The summed E-state index contributed by atoms with van der Waals surface area (Å²) in [6.45, 7) is 1.41. The third-order valence-electron chi connectivity index (χ3n) is 5.80. The van der Waals surface area contributed by atoms with Gasteiger partial charge < -0.3 is 19.4 Å². The maximum atomic E-state index is 13.4. The zero-order chi connectivity index (χ0) is 25.8. The Hall–Kier alpha value is -4.72. The molecule has 1 N–H and O–H groups in total. The van der Waals surface area contributed by atoms with Crippen molar-refractivity contribution in [2.45, 2.75) is 13.0 Å². The Morgan fingerprint density at radius 3 is 2.14 bits per heavy atom. The van der Waals surface area contributed by atoms with E-state index < -0.39 is 23.9 Å². The van der Waals surface area contributed by atoms with E-state index in [1.807, 2.05) is 30.3 Å². The van der Waals surface area contributed by atoms with E-state index in [1.54, 1.807) is 42.5 Å². The summed E-state index contributed by atoms with van der Waals surface area (Å²) >= 11 is 0. The molecule has 182 valence electrons. The highest BCUT2D eigenvalue weighted by atomic mass is 16.5. The standard InChI is InChI=1S/C28H24N2O6/c1-17(25(31)29-22-16-10-9-15-21(22)27(33)35-3)36-28(34)24-23(18-11-5-4-6-12-18)19-13-7-8-14-20(19)26(32)30(24)2/h4-17H,1-3H3,(H,29,31). The smallest absolute Gasteiger partial charge is 0.356 e. The molecular weight excluding hydrogens is 460 g/mol. The van der Waals surface area contributed by atoms with E-state index in [0.717, 1.165) is 5.56 Å². The van der Waals surface area contributed by atoms with Gasteiger partial charge in [-0.3, -0.25) is 9.59 Å². The molecule has 0 radical (unpaired) electrons. The van der Waals surface area contributed by atoms with Crippen molar-refractivity contribution < 1.29 is 23.9 Å². The summed E-state index contributed by atoms with van der Waals surface area (Å²) in [6, 6.07) is 22.5. The molecule has 8 nitrogen and oxygen atoms in total. The minimum atomic E-state index is -1.23. The van der Waals surface area contributed by atoms with Gasteiger partial charge in [-0.05, 0) is 36.1 Å². The van der Waals surface area contributed by atoms with Crippen LogP contribution in [-0.2, 0) is 21.3 Å². The van der Waals surface area contributed by atoms with E-state index in [1.165, 1.54) is 31.7 Å². The van der Waals surface area contributed by atoms with E-state index in [2.05, 4.69) is 5.32 Å². The molecular formula is C28H24N2O6. The normalized spacial score (nSPS) is 11.5. The highest BCUT2D eigenvalue weighted by Gasteiger charge is 2.27. The molecule has 0 aliphatic heterocycles. The summed E-state index contributed by atoms with van der Waals surface area (Å²) in [5, 5.41) is 3.66. The van der Waals surface area contributed by atoms with Crippen LogP contribution in [0.4, 0.5) is 5.69 Å². The first-order chi connectivity index (χ1) is 17.3. The Balaban J connectivity index is 1.70. The lowest BCUT2D eigenvalue weighted by Gasteiger charge is -2.19. The predicted octanol–water partition coefficient (Wildman–Crippen LogP) is 4.18. The van der Waals surface area contributed by atoms with Crippen molar-refractivity contribution in [2.75, 3.05) is 12.4 Å². The van der Waals surface area contributed by atoms with Gasteiger partial charge in [0.1, 0.15) is 5.69 Å². The lowest BCUT2D eigenvalue weighted by molar-refractivity contribution is -0.123. The molecule has 0 fully saturated rings. The number of pyridine rings is 1. The fourth-order valence-corrected chi connectivity index (χ4v) is 3.99. The van der Waals surface area contributed by atoms with Crippen LogP contribution in [0.3, 0.4) is 0 Å². The van der Waals surface area contributed by atoms with Crippen LogP contribution in [0, 0.1) is 0 Å². The number of aromatic nitrogens is 1. The number of carbonyl (C=O) groups is 3. The summed E-state index contributed by atoms with van der Waals surface area (Å²) in [5.41, 5.74) is 1.30. The molecule has 1 heterocycles. The van der Waals surface area contributed by atoms with Gasteiger partial charge in [-0.15, -0.1) is 0 Å². The number of rotatable bonds is 6. The van der Waals surface area contributed by atoms with Gasteiger partial charge in [-0.2, -0.15) is 0 Å². The van der Waals surface area contributed by atoms with Crippen LogP contribution in [0.5, 0.6) is 0 Å². The molecule has 0 bridgehead atoms. The van der Waals surface area contributed by atoms with E-state index in [-0.39, 0.29) is 22.5 Å². The Labute approximate surface area is 207 Å². The van der Waals surface area contributed by atoms with Crippen molar-refractivity contribution in [1.82, 2.24) is 4.57 Å². The van der Waals surface area contributed by atoms with Crippen molar-refractivity contribution in [3.8, 4) is 11.1 Å². The van der Waals surface area contributed by atoms with Gasteiger partial charge in [0.25, 0.3) is 11.5 Å². The van der Waals surface area contributed by atoms with Crippen LogP contribution in [0.1, 0.15) is 27.8 Å². The molecule has 1 unspecified atom stereocenters. The molecule has 4 aromatic rings. The molecule has 0 saturated carbocycles. The lowest BCUT2D eigenvalue weighted by Crippen LogP contribution is -2.33. The van der Waals surface area contributed by atoms with Gasteiger partial charge in [-0.1, -0.05) is 60.7 Å². The zero-order valence-corrected chi connectivity index (χ0v) is 20.0. The number of para-hydroxylation sites is 1. The monoisotopic (exact) mass is 484 g/mol. The minimum absolute atomic E-state index is 0.0273. The van der Waals surface area contributed by atoms with Crippen LogP contribution in [0.25, 0.3) is 21.9 Å². The Kier molecular flexibility index (Phi) is 6.96. The Morgan fingerprint density at radius 2 is 1.44 bits per heavy atom. The molecule has 0 aliphatic carbocycles. The second-order valence-corrected chi connectivity index (χ2v) is 8.07. The number of esters is 2. The van der Waals surface area contributed by atoms with Crippen LogP contribution in [0.15, 0.2) is 83.7 Å². The van der Waals surface area contributed by atoms with Gasteiger partial charge in [0.2, 0.25) is 0 Å². The summed E-state index contributed by atoms with van der Waals surface area (Å²) < 4.78 is 11.5. The maximum Gasteiger partial charge on any atom is 0.356 e. The molecule has 0 spiro atoms. The number of hydrogen-bond acceptors (Lipinski definition) is 6. The van der Waals surface area contributed by atoms with Gasteiger partial charge in [0.15, 0.2) is 6.10 Å². The van der Waals surface area contributed by atoms with Gasteiger partial charge >= 0.3 is 11.9 Å². The Bertz CT molecular complexity index is 1520. The predicted molar refractivity (Wildman–Crippen MR) is 136 cm³/mol. The quantitative estimate of drug-likeness (QED) is 0.412. The fourth-order valence-electron chi connectivity index (χ4n) is 3.99. The van der Waals surface area contributed by atoms with Crippen LogP contribution in [0.2, 0.25) is 0 Å². The molecule has 36 heavy (non-hydrogen) atoms. The second kappa shape index (κ2) is 10.3. The maximum absolute atomic E-state index is 13.4. The third kappa shape index (κ3) is 4.61. The largest absolute Gasteiger partial charge is 0.465 e. The third-order valence-corrected chi connectivity index (χ3v) is 5.80. The summed E-state index contributed by atoms with van der Waals surface area (Å²) in [5.74, 6) is -2.09. The first-order valence-corrected chi connectivity index (χ1v) is 11.2. The number of amides is 1. The van der Waals surface area contributed by atoms with E-state index >= 15 is 0 Å². The molecule has 0 saturated heterocycles. The van der Waals surface area contributed by atoms with E-state index in [0.29, 0.717) is 16.3 Å². The molecule has 4 rings (SSSR count). The number of nitrogens with zero attached hydrogens (tertiary/aromatic N) is 1. The number of carbonyl (C=O) groups excluding carboxylic acids is 3. The van der Waals surface area contributed by atoms with E-state index in [4.69, 9.17) is 9.47 Å². The Morgan fingerprint density at radius 1 is 0.833 bits per heavy atom. The number of hydrogen-bond donors (Lipinski definition) is 1. The molecule has 1 aromatic heterocycles. The molecule has 1 atom stereocenters. The number of benzene rings is 3. The van der Waals surface area contributed by atoms with E-state index in [9.17, 15) is 19.2 Å². The van der Waals surface area contributed by atoms with Gasteiger partial charge in [0.05, 0.1) is 18.4 Å². The lowest BCUT2D eigenvalue weighted by atomic mass is 9.97. The highest BCUT2D eigenvalue weighted by molar-refractivity contribution is 6.08. The fraction of sp³-hybridized carbons (Fsp3) is 0.143. The van der Waals surface area contributed by atoms with Crippen LogP contribution in [-0.4, -0.2) is 35.6 Å². The number of anilines is 1. The average Bonchev–Trinajstić information content (AvgIpc) is 2.90. The molecule has 3 aromatic carbocycles. The highest BCUT2D eigenvalue weighted by Crippen LogP contribution is 2.31. The van der Waals surface area contributed by atoms with Crippen molar-refractivity contribution in [3.63, 3.8) is 0 Å². The minimum Gasteiger partial charge on any atom is -0.465 e. The number of methoxy groups -OCH3 is 1. The van der Waals surface area contributed by atoms with Crippen molar-refractivity contribution >= 4 is 34.3 Å². The van der Waals surface area contributed by atoms with Crippen molar-refractivity contribution in [2.24, 2.45) is 7.05 Å². The zero-order valence-electron chi connectivity index (χ0n) is 20.0. The average molecular weight is 485 g/mol. The van der Waals surface area contributed by atoms with Crippen LogP contribution >= 0.6 is 0 Å². The molecule has 1 amide bonds. The molecule has 0 aliphatic rings. The number of nitrogens with one attached hydrogen (secondary N) is 1. The summed E-state index contributed by atoms with van der Waals surface area (Å²) in [6.07, 6.45) is -1.23. The number of fused-ring (bicyclic) bond motifs is 1. The van der Waals surface area contributed by atoms with Crippen LogP contribution < -0.4 is 10.9 Å². The van der Waals surface area contributed by atoms with Crippen molar-refractivity contribution in [3.05, 3.63) is 100 Å². The first kappa shape index (κ1) is 24.4. The molecule has 8 heteroatoms. The number of ether oxygens (including phenoxy) is 2.